The van der Waals surface area contributed by atoms with Gasteiger partial charge in [0.25, 0.3) is 0 Å². The van der Waals surface area contributed by atoms with Crippen LogP contribution in [-0.4, -0.2) is 17.4 Å². The fraction of sp³-hybridized carbons (Fsp3) is 1.00. The van der Waals surface area contributed by atoms with Crippen molar-refractivity contribution in [3.05, 3.63) is 0 Å². The summed E-state index contributed by atoms with van der Waals surface area (Å²) in [7, 11) is 0. The second-order valence-corrected chi connectivity index (χ2v) is 1.90. The van der Waals surface area contributed by atoms with Gasteiger partial charge in [-0.15, -0.1) is 0 Å². The van der Waals surface area contributed by atoms with Gasteiger partial charge >= 0.3 is 0 Å². The van der Waals surface area contributed by atoms with Crippen LogP contribution in [0.5, 0.6) is 0 Å². The molecule has 1 N–H and O–H groups in total. The molecule has 0 aliphatic rings. The largest absolute Gasteiger partial charge is 0.390 e. The van der Waals surface area contributed by atoms with E-state index in [2.05, 4.69) is 0 Å². The number of aliphatic hydroxyl groups excluding tert-OH is 1. The van der Waals surface area contributed by atoms with Crippen molar-refractivity contribution in [2.45, 2.75) is 39.0 Å². The summed E-state index contributed by atoms with van der Waals surface area (Å²) in [5, 5.41) is 8.75. The van der Waals surface area contributed by atoms with E-state index in [1.807, 2.05) is 0 Å². The molecule has 2 atom stereocenters. The highest BCUT2D eigenvalue weighted by Gasteiger charge is 2.12. The summed E-state index contributed by atoms with van der Waals surface area (Å²) in [5.41, 5.74) is 0. The number of rotatable bonds is 3. The summed E-state index contributed by atoms with van der Waals surface area (Å²) in [6.45, 7) is 3.50. The van der Waals surface area contributed by atoms with E-state index in [0.29, 0.717) is 12.8 Å². The van der Waals surface area contributed by atoms with Crippen molar-refractivity contribution in [1.29, 1.82) is 0 Å². The molecular weight excluding hydrogens is 107 g/mol. The molecule has 50 valence electrons. The molecular formula is C6H13FO. The van der Waals surface area contributed by atoms with Crippen molar-refractivity contribution >= 4 is 0 Å². The first-order valence-electron chi connectivity index (χ1n) is 3.04. The Morgan fingerprint density at radius 3 is 2.00 bits per heavy atom. The smallest absolute Gasteiger partial charge is 0.126 e. The van der Waals surface area contributed by atoms with Gasteiger partial charge in [-0.2, -0.15) is 0 Å². The maximum Gasteiger partial charge on any atom is 0.126 e. The van der Waals surface area contributed by atoms with Crippen molar-refractivity contribution in [2.24, 2.45) is 0 Å². The zero-order chi connectivity index (χ0) is 6.57. The van der Waals surface area contributed by atoms with E-state index in [0.717, 1.165) is 0 Å². The molecule has 0 aromatic carbocycles. The minimum atomic E-state index is -1.03. The summed E-state index contributed by atoms with van der Waals surface area (Å²) in [6, 6.07) is 0. The molecule has 0 aromatic rings. The molecule has 0 aliphatic carbocycles. The van der Waals surface area contributed by atoms with Crippen LogP contribution in [0.2, 0.25) is 0 Å². The lowest BCUT2D eigenvalue weighted by molar-refractivity contribution is 0.0726. The zero-order valence-corrected chi connectivity index (χ0v) is 5.39. The molecule has 0 bridgehead atoms. The fourth-order valence-corrected chi connectivity index (χ4v) is 0.528. The first-order chi connectivity index (χ1) is 3.72. The Kier molecular flexibility index (Phi) is 3.79. The molecule has 2 heteroatoms. The van der Waals surface area contributed by atoms with Gasteiger partial charge in [0, 0.05) is 0 Å². The molecule has 0 fully saturated rings. The van der Waals surface area contributed by atoms with Crippen LogP contribution < -0.4 is 0 Å². The van der Waals surface area contributed by atoms with Gasteiger partial charge in [0.05, 0.1) is 6.10 Å². The highest BCUT2D eigenvalue weighted by atomic mass is 19.1. The number of aliphatic hydroxyl groups is 1. The molecule has 1 nitrogen and oxygen atoms in total. The van der Waals surface area contributed by atoms with Crippen LogP contribution in [0.3, 0.4) is 0 Å². The summed E-state index contributed by atoms with van der Waals surface area (Å²) < 4.78 is 12.3. The van der Waals surface area contributed by atoms with Gasteiger partial charge < -0.3 is 5.11 Å². The standard InChI is InChI=1S/C6H13FO/c1-3-5(7)6(8)4-2/h5-6,8H,3-4H2,1-2H3/t5-,6+/m0/s1. The highest BCUT2D eigenvalue weighted by molar-refractivity contribution is 4.62. The summed E-state index contributed by atoms with van der Waals surface area (Å²) in [6.07, 6.45) is -0.857. The zero-order valence-electron chi connectivity index (χ0n) is 5.39. The van der Waals surface area contributed by atoms with Gasteiger partial charge in [-0.05, 0) is 12.8 Å². The molecule has 0 radical (unpaired) electrons. The normalized spacial score (nSPS) is 18.0. The van der Waals surface area contributed by atoms with Gasteiger partial charge in [0.1, 0.15) is 6.17 Å². The van der Waals surface area contributed by atoms with E-state index in [1.165, 1.54) is 0 Å². The predicted molar refractivity (Wildman–Crippen MR) is 31.5 cm³/mol. The Labute approximate surface area is 49.5 Å². The van der Waals surface area contributed by atoms with E-state index in [9.17, 15) is 4.39 Å². The number of halogens is 1. The SMILES string of the molecule is CC[C@@H](O)[C@@H](F)CC. The summed E-state index contributed by atoms with van der Waals surface area (Å²) in [4.78, 5) is 0. The Balaban J connectivity index is 3.29. The third-order valence-corrected chi connectivity index (χ3v) is 1.23. The van der Waals surface area contributed by atoms with Crippen LogP contribution in [0.1, 0.15) is 26.7 Å². The minimum absolute atomic E-state index is 0.412. The fourth-order valence-electron chi connectivity index (χ4n) is 0.528. The number of hydrogen-bond acceptors (Lipinski definition) is 1. The predicted octanol–water partition coefficient (Wildman–Crippen LogP) is 1.51. The molecule has 0 unspecified atom stereocenters. The van der Waals surface area contributed by atoms with Crippen molar-refractivity contribution in [3.8, 4) is 0 Å². The van der Waals surface area contributed by atoms with Crippen LogP contribution in [0.25, 0.3) is 0 Å². The van der Waals surface area contributed by atoms with Crippen molar-refractivity contribution in [2.75, 3.05) is 0 Å². The molecule has 0 saturated carbocycles. The van der Waals surface area contributed by atoms with Gasteiger partial charge in [-0.3, -0.25) is 0 Å². The molecule has 0 saturated heterocycles. The van der Waals surface area contributed by atoms with Gasteiger partial charge in [0.2, 0.25) is 0 Å². The number of hydrogen-bond donors (Lipinski definition) is 1. The molecule has 0 spiro atoms. The second-order valence-electron chi connectivity index (χ2n) is 1.90. The van der Waals surface area contributed by atoms with Crippen LogP contribution in [-0.2, 0) is 0 Å². The monoisotopic (exact) mass is 120 g/mol. The summed E-state index contributed by atoms with van der Waals surface area (Å²) in [5.74, 6) is 0. The molecule has 0 aromatic heterocycles. The van der Waals surface area contributed by atoms with Crippen LogP contribution in [0.15, 0.2) is 0 Å². The highest BCUT2D eigenvalue weighted by Crippen LogP contribution is 2.05. The van der Waals surface area contributed by atoms with E-state index >= 15 is 0 Å². The maximum atomic E-state index is 12.3. The van der Waals surface area contributed by atoms with Crippen LogP contribution in [0.4, 0.5) is 4.39 Å². The van der Waals surface area contributed by atoms with E-state index in [-0.39, 0.29) is 0 Å². The topological polar surface area (TPSA) is 20.2 Å². The maximum absolute atomic E-state index is 12.3. The van der Waals surface area contributed by atoms with Gasteiger partial charge in [0.15, 0.2) is 0 Å². The Hall–Kier alpha value is -0.110. The van der Waals surface area contributed by atoms with Gasteiger partial charge in [-0.25, -0.2) is 4.39 Å². The molecule has 0 aliphatic heterocycles. The van der Waals surface area contributed by atoms with Crippen molar-refractivity contribution in [3.63, 3.8) is 0 Å². The average Bonchev–Trinajstić information content (AvgIpc) is 1.84. The van der Waals surface area contributed by atoms with Crippen molar-refractivity contribution < 1.29 is 9.50 Å². The molecule has 0 amide bonds. The first kappa shape index (κ1) is 7.89. The van der Waals surface area contributed by atoms with E-state index in [1.54, 1.807) is 13.8 Å². The first-order valence-corrected chi connectivity index (χ1v) is 3.04. The number of alkyl halides is 1. The summed E-state index contributed by atoms with van der Waals surface area (Å²) >= 11 is 0. The third-order valence-electron chi connectivity index (χ3n) is 1.23. The lowest BCUT2D eigenvalue weighted by Crippen LogP contribution is -2.19. The lowest BCUT2D eigenvalue weighted by atomic mass is 10.1. The molecule has 0 rings (SSSR count). The minimum Gasteiger partial charge on any atom is -0.390 e. The van der Waals surface area contributed by atoms with E-state index in [4.69, 9.17) is 5.11 Å². The second kappa shape index (κ2) is 3.84. The Morgan fingerprint density at radius 2 is 1.88 bits per heavy atom. The molecule has 0 heterocycles. The molecule has 8 heavy (non-hydrogen) atoms. The average molecular weight is 120 g/mol. The lowest BCUT2D eigenvalue weighted by Gasteiger charge is -2.09. The van der Waals surface area contributed by atoms with Crippen LogP contribution in [0, 0.1) is 0 Å². The third kappa shape index (κ3) is 2.26. The van der Waals surface area contributed by atoms with E-state index < -0.39 is 12.3 Å². The van der Waals surface area contributed by atoms with Crippen LogP contribution >= 0.6 is 0 Å². The Morgan fingerprint density at radius 1 is 1.38 bits per heavy atom. The quantitative estimate of drug-likeness (QED) is 0.598. The van der Waals surface area contributed by atoms with Gasteiger partial charge in [-0.1, -0.05) is 13.8 Å². The van der Waals surface area contributed by atoms with Crippen molar-refractivity contribution in [1.82, 2.24) is 0 Å². The Bertz CT molecular complexity index is 48.5.